The van der Waals surface area contributed by atoms with Crippen LogP contribution in [0.2, 0.25) is 0 Å². The van der Waals surface area contributed by atoms with Crippen LogP contribution in [0.4, 0.5) is 4.79 Å². The van der Waals surface area contributed by atoms with E-state index in [-0.39, 0.29) is 12.1 Å². The Labute approximate surface area is 172 Å². The molecule has 6 heteroatoms. The second kappa shape index (κ2) is 10.1. The fourth-order valence-electron chi connectivity index (χ4n) is 4.24. The number of carbonyl (C=O) groups is 1. The van der Waals surface area contributed by atoms with E-state index >= 15 is 0 Å². The first-order chi connectivity index (χ1) is 14.3. The van der Waals surface area contributed by atoms with Gasteiger partial charge in [-0.1, -0.05) is 42.5 Å². The third kappa shape index (κ3) is 5.26. The van der Waals surface area contributed by atoms with Crippen LogP contribution in [0.3, 0.4) is 0 Å². The van der Waals surface area contributed by atoms with Gasteiger partial charge in [0.05, 0.1) is 13.2 Å². The summed E-state index contributed by atoms with van der Waals surface area (Å²) in [5.41, 5.74) is 1.15. The highest BCUT2D eigenvalue weighted by Crippen LogP contribution is 2.19. The normalized spacial score (nSPS) is 18.6. The molecule has 0 bridgehead atoms. The molecule has 2 heterocycles. The molecule has 0 aromatic heterocycles. The largest absolute Gasteiger partial charge is 0.381 e. The average Bonchev–Trinajstić information content (AvgIpc) is 2.79. The van der Waals surface area contributed by atoms with E-state index in [4.69, 9.17) is 9.47 Å². The Morgan fingerprint density at radius 2 is 1.72 bits per heavy atom. The molecule has 1 N–H and O–H groups in total. The van der Waals surface area contributed by atoms with Gasteiger partial charge in [0.1, 0.15) is 0 Å². The lowest BCUT2D eigenvalue weighted by molar-refractivity contribution is 0.0226. The van der Waals surface area contributed by atoms with Crippen LogP contribution in [-0.2, 0) is 16.0 Å². The van der Waals surface area contributed by atoms with Crippen LogP contribution in [0.15, 0.2) is 42.5 Å². The molecule has 0 aliphatic carbocycles. The molecule has 0 unspecified atom stereocenters. The number of morpholine rings is 1. The van der Waals surface area contributed by atoms with Crippen molar-refractivity contribution in [2.24, 2.45) is 0 Å². The Morgan fingerprint density at radius 3 is 2.55 bits per heavy atom. The Hall–Kier alpha value is -2.15. The molecule has 2 aliphatic rings. The molecule has 2 amide bonds. The highest BCUT2D eigenvalue weighted by Gasteiger charge is 2.26. The number of ether oxygens (including phenoxy) is 2. The number of rotatable bonds is 6. The Kier molecular flexibility index (Phi) is 6.98. The van der Waals surface area contributed by atoms with Gasteiger partial charge in [-0.15, -0.1) is 0 Å². The smallest absolute Gasteiger partial charge is 0.317 e. The van der Waals surface area contributed by atoms with E-state index in [0.29, 0.717) is 6.54 Å². The molecule has 2 saturated heterocycles. The Bertz CT molecular complexity index is 796. The number of hydrogen-bond donors (Lipinski definition) is 1. The van der Waals surface area contributed by atoms with Gasteiger partial charge in [0, 0.05) is 52.0 Å². The summed E-state index contributed by atoms with van der Waals surface area (Å²) in [6, 6.07) is 14.8. The molecule has 4 rings (SSSR count). The molecule has 156 valence electrons. The molecule has 0 saturated carbocycles. The predicted molar refractivity (Wildman–Crippen MR) is 114 cm³/mol. The van der Waals surface area contributed by atoms with Gasteiger partial charge in [-0.25, -0.2) is 4.79 Å². The standard InChI is InChI=1S/C23H31N3O3/c27-23(24-18-20-6-3-5-19-4-1-2-7-22(19)20)26(21-8-14-28-15-9-21)11-10-25-12-16-29-17-13-25/h1-7,21H,8-18H2,(H,24,27). The van der Waals surface area contributed by atoms with Crippen molar-refractivity contribution in [1.82, 2.24) is 15.1 Å². The molecule has 0 radical (unpaired) electrons. The van der Waals surface area contributed by atoms with Crippen LogP contribution in [0.5, 0.6) is 0 Å². The van der Waals surface area contributed by atoms with Gasteiger partial charge in [0.15, 0.2) is 0 Å². The first kappa shape index (κ1) is 20.1. The lowest BCUT2D eigenvalue weighted by atomic mass is 10.0. The lowest BCUT2D eigenvalue weighted by Crippen LogP contribution is -2.51. The lowest BCUT2D eigenvalue weighted by Gasteiger charge is -2.36. The van der Waals surface area contributed by atoms with Crippen LogP contribution in [-0.4, -0.2) is 74.5 Å². The van der Waals surface area contributed by atoms with Crippen LogP contribution >= 0.6 is 0 Å². The SMILES string of the molecule is O=C(NCc1cccc2ccccc12)N(CCN1CCOCC1)C1CCOCC1. The highest BCUT2D eigenvalue weighted by atomic mass is 16.5. The van der Waals surface area contributed by atoms with Gasteiger partial charge in [0.2, 0.25) is 0 Å². The summed E-state index contributed by atoms with van der Waals surface area (Å²) in [7, 11) is 0. The number of fused-ring (bicyclic) bond motifs is 1. The second-order valence-corrected chi connectivity index (χ2v) is 7.79. The zero-order chi connectivity index (χ0) is 19.9. The van der Waals surface area contributed by atoms with Gasteiger partial charge in [-0.2, -0.15) is 0 Å². The van der Waals surface area contributed by atoms with E-state index in [9.17, 15) is 4.79 Å². The van der Waals surface area contributed by atoms with E-state index in [2.05, 4.69) is 40.5 Å². The van der Waals surface area contributed by atoms with Crippen molar-refractivity contribution in [1.29, 1.82) is 0 Å². The maximum atomic E-state index is 13.2. The minimum Gasteiger partial charge on any atom is -0.381 e. The van der Waals surface area contributed by atoms with Crippen LogP contribution in [0.25, 0.3) is 10.8 Å². The first-order valence-electron chi connectivity index (χ1n) is 10.7. The molecule has 2 aromatic carbocycles. The van der Waals surface area contributed by atoms with Crippen molar-refractivity contribution in [3.63, 3.8) is 0 Å². The average molecular weight is 398 g/mol. The summed E-state index contributed by atoms with van der Waals surface area (Å²) in [6.45, 7) is 7.09. The van der Waals surface area contributed by atoms with Crippen LogP contribution in [0, 0.1) is 0 Å². The minimum atomic E-state index is 0.0260. The Balaban J connectivity index is 1.40. The molecule has 2 aliphatic heterocycles. The molecular formula is C23H31N3O3. The summed E-state index contributed by atoms with van der Waals surface area (Å²) in [4.78, 5) is 17.6. The van der Waals surface area contributed by atoms with Crippen molar-refractivity contribution in [3.05, 3.63) is 48.0 Å². The Morgan fingerprint density at radius 1 is 1.00 bits per heavy atom. The third-order valence-corrected chi connectivity index (χ3v) is 5.96. The highest BCUT2D eigenvalue weighted by molar-refractivity contribution is 5.86. The van der Waals surface area contributed by atoms with E-state index in [1.807, 2.05) is 17.0 Å². The van der Waals surface area contributed by atoms with Gasteiger partial charge in [-0.05, 0) is 29.2 Å². The quantitative estimate of drug-likeness (QED) is 0.814. The summed E-state index contributed by atoms with van der Waals surface area (Å²) in [6.07, 6.45) is 1.82. The number of amides is 2. The summed E-state index contributed by atoms with van der Waals surface area (Å²) >= 11 is 0. The number of benzene rings is 2. The summed E-state index contributed by atoms with van der Waals surface area (Å²) in [5, 5.41) is 5.58. The van der Waals surface area contributed by atoms with Crippen molar-refractivity contribution < 1.29 is 14.3 Å². The molecule has 2 fully saturated rings. The van der Waals surface area contributed by atoms with Crippen molar-refractivity contribution >= 4 is 16.8 Å². The number of hydrogen-bond acceptors (Lipinski definition) is 4. The molecule has 2 aromatic rings. The number of carbonyl (C=O) groups excluding carboxylic acids is 1. The number of nitrogens with one attached hydrogen (secondary N) is 1. The minimum absolute atomic E-state index is 0.0260. The molecule has 6 nitrogen and oxygen atoms in total. The molecule has 0 spiro atoms. The zero-order valence-corrected chi connectivity index (χ0v) is 17.0. The van der Waals surface area contributed by atoms with E-state index in [1.165, 1.54) is 10.8 Å². The van der Waals surface area contributed by atoms with Crippen LogP contribution in [0.1, 0.15) is 18.4 Å². The second-order valence-electron chi connectivity index (χ2n) is 7.79. The summed E-state index contributed by atoms with van der Waals surface area (Å²) < 4.78 is 11.0. The molecule has 0 atom stereocenters. The maximum absolute atomic E-state index is 13.2. The topological polar surface area (TPSA) is 54.0 Å². The zero-order valence-electron chi connectivity index (χ0n) is 17.0. The fraction of sp³-hybridized carbons (Fsp3) is 0.522. The van der Waals surface area contributed by atoms with Crippen molar-refractivity contribution in [2.45, 2.75) is 25.4 Å². The number of urea groups is 1. The maximum Gasteiger partial charge on any atom is 0.317 e. The third-order valence-electron chi connectivity index (χ3n) is 5.96. The number of nitrogens with zero attached hydrogens (tertiary/aromatic N) is 2. The fourth-order valence-corrected chi connectivity index (χ4v) is 4.24. The first-order valence-corrected chi connectivity index (χ1v) is 10.7. The van der Waals surface area contributed by atoms with Gasteiger partial charge < -0.3 is 19.7 Å². The van der Waals surface area contributed by atoms with E-state index in [0.717, 1.165) is 71.0 Å². The van der Waals surface area contributed by atoms with Crippen LogP contribution < -0.4 is 5.32 Å². The summed E-state index contributed by atoms with van der Waals surface area (Å²) in [5.74, 6) is 0. The van der Waals surface area contributed by atoms with Crippen molar-refractivity contribution in [2.75, 3.05) is 52.6 Å². The van der Waals surface area contributed by atoms with E-state index in [1.54, 1.807) is 0 Å². The van der Waals surface area contributed by atoms with E-state index < -0.39 is 0 Å². The molecule has 29 heavy (non-hydrogen) atoms. The monoisotopic (exact) mass is 397 g/mol. The van der Waals surface area contributed by atoms with Crippen molar-refractivity contribution in [3.8, 4) is 0 Å². The molecular weight excluding hydrogens is 366 g/mol. The van der Waals surface area contributed by atoms with Gasteiger partial charge in [0.25, 0.3) is 0 Å². The van der Waals surface area contributed by atoms with Gasteiger partial charge >= 0.3 is 6.03 Å². The van der Waals surface area contributed by atoms with Gasteiger partial charge in [-0.3, -0.25) is 4.90 Å². The predicted octanol–water partition coefficient (Wildman–Crippen LogP) is 2.86.